The standard InChI is InChI=1S/C26H28N4O4/c1-17-12-19(3)21(13-18(17)2)22(31)15-30-25(32)23-24(27-16-28(23)10-11-34-4)29(26(30)33)14-20-8-6-5-7-9-20/h5-9,12-13,16H,10-11,14-15H2,1-4H3. The largest absolute Gasteiger partial charge is 0.383 e. The summed E-state index contributed by atoms with van der Waals surface area (Å²) in [6, 6.07) is 13.2. The van der Waals surface area contributed by atoms with Gasteiger partial charge in [-0.15, -0.1) is 0 Å². The molecule has 4 aromatic rings. The average molecular weight is 461 g/mol. The Hall–Kier alpha value is -3.78. The van der Waals surface area contributed by atoms with Gasteiger partial charge in [0, 0.05) is 19.2 Å². The molecule has 2 heterocycles. The third kappa shape index (κ3) is 4.36. The van der Waals surface area contributed by atoms with Gasteiger partial charge in [0.15, 0.2) is 16.9 Å². The Balaban J connectivity index is 1.87. The summed E-state index contributed by atoms with van der Waals surface area (Å²) < 4.78 is 9.31. The second kappa shape index (κ2) is 9.61. The van der Waals surface area contributed by atoms with Gasteiger partial charge in [0.25, 0.3) is 5.56 Å². The number of aromatic nitrogens is 4. The molecule has 0 saturated carbocycles. The van der Waals surface area contributed by atoms with Crippen molar-refractivity contribution >= 4 is 16.9 Å². The fourth-order valence-electron chi connectivity index (χ4n) is 4.14. The molecule has 0 aliphatic rings. The molecule has 0 aliphatic carbocycles. The molecular weight excluding hydrogens is 432 g/mol. The van der Waals surface area contributed by atoms with E-state index >= 15 is 0 Å². The maximum atomic E-state index is 13.5. The first-order valence-electron chi connectivity index (χ1n) is 11.1. The summed E-state index contributed by atoms with van der Waals surface area (Å²) in [6.45, 7) is 6.44. The van der Waals surface area contributed by atoms with E-state index in [4.69, 9.17) is 4.74 Å². The Morgan fingerprint density at radius 3 is 2.38 bits per heavy atom. The lowest BCUT2D eigenvalue weighted by molar-refractivity contribution is 0.0968. The van der Waals surface area contributed by atoms with Gasteiger partial charge in [-0.2, -0.15) is 0 Å². The molecule has 8 nitrogen and oxygen atoms in total. The monoisotopic (exact) mass is 460 g/mol. The minimum atomic E-state index is -0.562. The Bertz CT molecular complexity index is 1480. The zero-order valence-corrected chi connectivity index (χ0v) is 19.9. The van der Waals surface area contributed by atoms with Crippen molar-refractivity contribution in [3.05, 3.63) is 97.4 Å². The van der Waals surface area contributed by atoms with Gasteiger partial charge in [0.2, 0.25) is 0 Å². The van der Waals surface area contributed by atoms with E-state index in [0.717, 1.165) is 26.8 Å². The van der Waals surface area contributed by atoms with Crippen LogP contribution in [0.15, 0.2) is 58.4 Å². The molecule has 8 heteroatoms. The molecule has 0 unspecified atom stereocenters. The zero-order valence-electron chi connectivity index (χ0n) is 19.9. The van der Waals surface area contributed by atoms with Gasteiger partial charge in [-0.3, -0.25) is 18.7 Å². The highest BCUT2D eigenvalue weighted by atomic mass is 16.5. The number of hydrogen-bond acceptors (Lipinski definition) is 5. The normalized spacial score (nSPS) is 11.3. The van der Waals surface area contributed by atoms with Gasteiger partial charge in [-0.25, -0.2) is 9.78 Å². The molecule has 0 saturated heterocycles. The van der Waals surface area contributed by atoms with Crippen molar-refractivity contribution in [1.82, 2.24) is 18.7 Å². The van der Waals surface area contributed by atoms with Crippen LogP contribution < -0.4 is 11.2 Å². The Morgan fingerprint density at radius 2 is 1.68 bits per heavy atom. The predicted molar refractivity (Wildman–Crippen MR) is 131 cm³/mol. The van der Waals surface area contributed by atoms with Gasteiger partial charge < -0.3 is 9.30 Å². The fraction of sp³-hybridized carbons (Fsp3) is 0.308. The van der Waals surface area contributed by atoms with Crippen molar-refractivity contribution in [2.45, 2.75) is 40.4 Å². The maximum Gasteiger partial charge on any atom is 0.333 e. The Labute approximate surface area is 197 Å². The quantitative estimate of drug-likeness (QED) is 0.377. The molecule has 0 spiro atoms. The van der Waals surface area contributed by atoms with E-state index in [0.29, 0.717) is 24.4 Å². The van der Waals surface area contributed by atoms with Crippen molar-refractivity contribution in [3.8, 4) is 0 Å². The van der Waals surface area contributed by atoms with E-state index < -0.39 is 11.2 Å². The highest BCUT2D eigenvalue weighted by Gasteiger charge is 2.21. The minimum absolute atomic E-state index is 0.231. The molecule has 0 radical (unpaired) electrons. The molecule has 176 valence electrons. The summed E-state index contributed by atoms with van der Waals surface area (Å²) in [5, 5.41) is 0. The Morgan fingerprint density at radius 1 is 0.971 bits per heavy atom. The highest BCUT2D eigenvalue weighted by molar-refractivity contribution is 5.97. The van der Waals surface area contributed by atoms with Crippen molar-refractivity contribution < 1.29 is 9.53 Å². The Kier molecular flexibility index (Phi) is 6.61. The molecule has 2 aromatic carbocycles. The fourth-order valence-corrected chi connectivity index (χ4v) is 4.14. The number of rotatable bonds is 8. The second-order valence-corrected chi connectivity index (χ2v) is 8.52. The van der Waals surface area contributed by atoms with E-state index in [1.165, 1.54) is 10.9 Å². The van der Waals surface area contributed by atoms with Crippen LogP contribution in [0, 0.1) is 20.8 Å². The number of ketones is 1. The summed E-state index contributed by atoms with van der Waals surface area (Å²) in [6.07, 6.45) is 1.53. The van der Waals surface area contributed by atoms with E-state index in [1.807, 2.05) is 63.2 Å². The molecule has 34 heavy (non-hydrogen) atoms. The van der Waals surface area contributed by atoms with Crippen molar-refractivity contribution in [2.75, 3.05) is 13.7 Å². The van der Waals surface area contributed by atoms with Crippen molar-refractivity contribution in [3.63, 3.8) is 0 Å². The molecular formula is C26H28N4O4. The van der Waals surface area contributed by atoms with Crippen LogP contribution in [-0.2, 0) is 24.4 Å². The van der Waals surface area contributed by atoms with Crippen LogP contribution in [0.25, 0.3) is 11.2 Å². The van der Waals surface area contributed by atoms with Crippen LogP contribution in [0.5, 0.6) is 0 Å². The summed E-state index contributed by atoms with van der Waals surface area (Å²) in [5.74, 6) is -0.284. The van der Waals surface area contributed by atoms with Crippen LogP contribution in [0.1, 0.15) is 32.6 Å². The number of carbonyl (C=O) groups is 1. The van der Waals surface area contributed by atoms with Gasteiger partial charge in [-0.05, 0) is 49.1 Å². The number of ether oxygens (including phenoxy) is 1. The molecule has 0 atom stereocenters. The van der Waals surface area contributed by atoms with E-state index in [-0.39, 0.29) is 24.4 Å². The lowest BCUT2D eigenvalue weighted by atomic mass is 9.98. The SMILES string of the molecule is COCCn1cnc2c1c(=O)n(CC(=O)c1cc(C)c(C)cc1C)c(=O)n2Cc1ccccc1. The zero-order chi connectivity index (χ0) is 24.4. The van der Waals surface area contributed by atoms with E-state index in [2.05, 4.69) is 4.98 Å². The maximum absolute atomic E-state index is 13.5. The first-order valence-corrected chi connectivity index (χ1v) is 11.1. The molecule has 4 rings (SSSR count). The van der Waals surface area contributed by atoms with Gasteiger partial charge in [0.05, 0.1) is 26.0 Å². The van der Waals surface area contributed by atoms with Crippen LogP contribution in [-0.4, -0.2) is 38.2 Å². The topological polar surface area (TPSA) is 88.1 Å². The highest BCUT2D eigenvalue weighted by Crippen LogP contribution is 2.17. The second-order valence-electron chi connectivity index (χ2n) is 8.52. The van der Waals surface area contributed by atoms with E-state index in [1.54, 1.807) is 11.7 Å². The number of fused-ring (bicyclic) bond motifs is 1. The lowest BCUT2D eigenvalue weighted by Gasteiger charge is -2.14. The molecule has 0 aliphatic heterocycles. The smallest absolute Gasteiger partial charge is 0.333 e. The van der Waals surface area contributed by atoms with Crippen molar-refractivity contribution in [1.29, 1.82) is 0 Å². The number of benzene rings is 2. The molecule has 0 fully saturated rings. The first kappa shape index (κ1) is 23.4. The van der Waals surface area contributed by atoms with Crippen LogP contribution in [0.4, 0.5) is 0 Å². The number of nitrogens with zero attached hydrogens (tertiary/aromatic N) is 4. The summed E-state index contributed by atoms with van der Waals surface area (Å²) in [5.41, 5.74) is 3.75. The summed E-state index contributed by atoms with van der Waals surface area (Å²) in [7, 11) is 1.58. The predicted octanol–water partition coefficient (Wildman–Crippen LogP) is 2.86. The average Bonchev–Trinajstić information content (AvgIpc) is 3.25. The molecule has 0 amide bonds. The lowest BCUT2D eigenvalue weighted by Crippen LogP contribution is -2.42. The molecule has 0 N–H and O–H groups in total. The minimum Gasteiger partial charge on any atom is -0.383 e. The first-order chi connectivity index (χ1) is 16.3. The van der Waals surface area contributed by atoms with Gasteiger partial charge in [-0.1, -0.05) is 36.4 Å². The number of methoxy groups -OCH3 is 1. The number of hydrogen-bond donors (Lipinski definition) is 0. The molecule has 0 bridgehead atoms. The third-order valence-corrected chi connectivity index (χ3v) is 6.15. The van der Waals surface area contributed by atoms with Crippen LogP contribution in [0.3, 0.4) is 0 Å². The third-order valence-electron chi connectivity index (χ3n) is 6.15. The van der Waals surface area contributed by atoms with Crippen molar-refractivity contribution in [2.24, 2.45) is 0 Å². The van der Waals surface area contributed by atoms with E-state index in [9.17, 15) is 14.4 Å². The van der Waals surface area contributed by atoms with Gasteiger partial charge >= 0.3 is 5.69 Å². The van der Waals surface area contributed by atoms with Crippen LogP contribution >= 0.6 is 0 Å². The number of Topliss-reactive ketones (excluding diaryl/α,β-unsaturated/α-hetero) is 1. The number of aryl methyl sites for hydroxylation is 3. The number of imidazole rings is 1. The summed E-state index contributed by atoms with van der Waals surface area (Å²) in [4.78, 5) is 44.6. The molecule has 2 aromatic heterocycles. The van der Waals surface area contributed by atoms with Gasteiger partial charge in [0.1, 0.15) is 0 Å². The number of carbonyl (C=O) groups excluding carboxylic acids is 1. The summed E-state index contributed by atoms with van der Waals surface area (Å²) >= 11 is 0. The van der Waals surface area contributed by atoms with Crippen LogP contribution in [0.2, 0.25) is 0 Å².